The minimum Gasteiger partial charge on any atom is -0.486 e. The first kappa shape index (κ1) is 10.6. The Kier molecular flexibility index (Phi) is 2.56. The minimum absolute atomic E-state index is 0.00577. The lowest BCUT2D eigenvalue weighted by molar-refractivity contribution is 0.254. The SMILES string of the molecule is NC1(COc2c(F)cc(Cl)cc2F)CC1. The molecular weight excluding hydrogens is 224 g/mol. The summed E-state index contributed by atoms with van der Waals surface area (Å²) < 4.78 is 31.4. The van der Waals surface area contributed by atoms with E-state index in [9.17, 15) is 8.78 Å². The zero-order valence-corrected chi connectivity index (χ0v) is 8.65. The maximum absolute atomic E-state index is 13.2. The quantitative estimate of drug-likeness (QED) is 0.871. The minimum atomic E-state index is -0.802. The van der Waals surface area contributed by atoms with Gasteiger partial charge in [0.05, 0.1) is 5.54 Å². The molecule has 0 heterocycles. The first-order valence-electron chi connectivity index (χ1n) is 4.56. The molecule has 2 N–H and O–H groups in total. The second-order valence-corrected chi connectivity index (χ2v) is 4.29. The monoisotopic (exact) mass is 233 g/mol. The van der Waals surface area contributed by atoms with Crippen LogP contribution >= 0.6 is 11.6 Å². The topological polar surface area (TPSA) is 35.2 Å². The number of rotatable bonds is 3. The molecule has 1 fully saturated rings. The van der Waals surface area contributed by atoms with Crippen molar-refractivity contribution in [1.29, 1.82) is 0 Å². The van der Waals surface area contributed by atoms with Crippen molar-refractivity contribution in [3.8, 4) is 5.75 Å². The molecule has 0 saturated heterocycles. The first-order chi connectivity index (χ1) is 7.00. The van der Waals surface area contributed by atoms with Crippen molar-refractivity contribution in [1.82, 2.24) is 0 Å². The molecule has 0 atom stereocenters. The lowest BCUT2D eigenvalue weighted by atomic mass is 10.3. The van der Waals surface area contributed by atoms with Gasteiger partial charge in [0.1, 0.15) is 6.61 Å². The summed E-state index contributed by atoms with van der Waals surface area (Å²) in [6, 6.07) is 2.02. The van der Waals surface area contributed by atoms with E-state index >= 15 is 0 Å². The van der Waals surface area contributed by atoms with E-state index in [4.69, 9.17) is 22.1 Å². The molecule has 82 valence electrons. The molecule has 15 heavy (non-hydrogen) atoms. The largest absolute Gasteiger partial charge is 0.486 e. The maximum atomic E-state index is 13.2. The van der Waals surface area contributed by atoms with Gasteiger partial charge in [-0.05, 0) is 25.0 Å². The lowest BCUT2D eigenvalue weighted by Crippen LogP contribution is -2.30. The zero-order valence-electron chi connectivity index (χ0n) is 7.90. The Morgan fingerprint density at radius 3 is 2.33 bits per heavy atom. The Labute approximate surface area is 91.0 Å². The summed E-state index contributed by atoms with van der Waals surface area (Å²) in [5, 5.41) is 0.00577. The van der Waals surface area contributed by atoms with E-state index in [0.717, 1.165) is 25.0 Å². The normalized spacial score (nSPS) is 17.6. The fourth-order valence-corrected chi connectivity index (χ4v) is 1.38. The van der Waals surface area contributed by atoms with Crippen molar-refractivity contribution >= 4 is 11.6 Å². The van der Waals surface area contributed by atoms with Gasteiger partial charge in [0.2, 0.25) is 0 Å². The van der Waals surface area contributed by atoms with Crippen LogP contribution in [0.15, 0.2) is 12.1 Å². The molecule has 1 aromatic carbocycles. The summed E-state index contributed by atoms with van der Waals surface area (Å²) in [5.74, 6) is -2.01. The number of nitrogens with two attached hydrogens (primary N) is 1. The van der Waals surface area contributed by atoms with Gasteiger partial charge < -0.3 is 10.5 Å². The molecule has 1 aliphatic carbocycles. The highest BCUT2D eigenvalue weighted by molar-refractivity contribution is 6.30. The molecule has 0 spiro atoms. The number of benzene rings is 1. The predicted molar refractivity (Wildman–Crippen MR) is 53.0 cm³/mol. The van der Waals surface area contributed by atoms with Crippen LogP contribution in [-0.4, -0.2) is 12.1 Å². The molecule has 1 aliphatic rings. The fraction of sp³-hybridized carbons (Fsp3) is 0.400. The molecular formula is C10H10ClF2NO. The van der Waals surface area contributed by atoms with Gasteiger partial charge in [-0.25, -0.2) is 8.78 Å². The van der Waals surface area contributed by atoms with Gasteiger partial charge >= 0.3 is 0 Å². The third kappa shape index (κ3) is 2.38. The van der Waals surface area contributed by atoms with E-state index in [0.29, 0.717) is 0 Å². The molecule has 1 saturated carbocycles. The van der Waals surface area contributed by atoms with E-state index in [1.807, 2.05) is 0 Å². The smallest absolute Gasteiger partial charge is 0.190 e. The van der Waals surface area contributed by atoms with Crippen LogP contribution in [0.1, 0.15) is 12.8 Å². The van der Waals surface area contributed by atoms with Gasteiger partial charge in [-0.1, -0.05) is 11.6 Å². The second kappa shape index (κ2) is 3.61. The highest BCUT2D eigenvalue weighted by Gasteiger charge is 2.39. The average molecular weight is 234 g/mol. The third-order valence-electron chi connectivity index (χ3n) is 2.36. The van der Waals surface area contributed by atoms with Gasteiger partial charge in [-0.3, -0.25) is 0 Å². The van der Waals surface area contributed by atoms with Crippen LogP contribution in [0.5, 0.6) is 5.75 Å². The van der Waals surface area contributed by atoms with Gasteiger partial charge in [-0.15, -0.1) is 0 Å². The van der Waals surface area contributed by atoms with E-state index in [-0.39, 0.29) is 11.6 Å². The molecule has 0 radical (unpaired) electrons. The van der Waals surface area contributed by atoms with Crippen LogP contribution in [-0.2, 0) is 0 Å². The summed E-state index contributed by atoms with van der Waals surface area (Å²) in [7, 11) is 0. The van der Waals surface area contributed by atoms with Crippen LogP contribution in [0.25, 0.3) is 0 Å². The lowest BCUT2D eigenvalue weighted by Gasteiger charge is -2.12. The standard InChI is InChI=1S/C10H10ClF2NO/c11-6-3-7(12)9(8(13)4-6)15-5-10(14)1-2-10/h3-4H,1-2,5,14H2. The van der Waals surface area contributed by atoms with Crippen molar-refractivity contribution in [2.75, 3.05) is 6.61 Å². The number of halogens is 3. The molecule has 0 bridgehead atoms. The highest BCUT2D eigenvalue weighted by Crippen LogP contribution is 2.34. The van der Waals surface area contributed by atoms with Crippen LogP contribution < -0.4 is 10.5 Å². The number of hydrogen-bond acceptors (Lipinski definition) is 2. The average Bonchev–Trinajstić information content (AvgIpc) is 2.82. The Morgan fingerprint density at radius 2 is 1.87 bits per heavy atom. The summed E-state index contributed by atoms with van der Waals surface area (Å²) >= 11 is 5.46. The van der Waals surface area contributed by atoms with Gasteiger partial charge in [0, 0.05) is 5.02 Å². The van der Waals surface area contributed by atoms with Gasteiger partial charge in [0.15, 0.2) is 17.4 Å². The van der Waals surface area contributed by atoms with E-state index in [1.165, 1.54) is 0 Å². The molecule has 0 aliphatic heterocycles. The Balaban J connectivity index is 2.13. The summed E-state index contributed by atoms with van der Waals surface area (Å²) in [6.45, 7) is 0.127. The second-order valence-electron chi connectivity index (χ2n) is 3.85. The van der Waals surface area contributed by atoms with Gasteiger partial charge in [-0.2, -0.15) is 0 Å². The Hall–Kier alpha value is -0.870. The van der Waals surface area contributed by atoms with Crippen LogP contribution in [0.3, 0.4) is 0 Å². The molecule has 2 rings (SSSR count). The van der Waals surface area contributed by atoms with Crippen molar-refractivity contribution in [2.24, 2.45) is 5.73 Å². The summed E-state index contributed by atoms with van der Waals surface area (Å²) in [5.41, 5.74) is 5.32. The molecule has 2 nitrogen and oxygen atoms in total. The number of ether oxygens (including phenoxy) is 1. The first-order valence-corrected chi connectivity index (χ1v) is 4.94. The molecule has 5 heteroatoms. The molecule has 0 unspecified atom stereocenters. The van der Waals surface area contributed by atoms with Gasteiger partial charge in [0.25, 0.3) is 0 Å². The molecule has 0 amide bonds. The van der Waals surface area contributed by atoms with Crippen LogP contribution in [0.4, 0.5) is 8.78 Å². The number of hydrogen-bond donors (Lipinski definition) is 1. The maximum Gasteiger partial charge on any atom is 0.190 e. The van der Waals surface area contributed by atoms with Crippen LogP contribution in [0.2, 0.25) is 5.02 Å². The van der Waals surface area contributed by atoms with Crippen molar-refractivity contribution < 1.29 is 13.5 Å². The summed E-state index contributed by atoms with van der Waals surface area (Å²) in [6.07, 6.45) is 1.65. The zero-order chi connectivity index (χ0) is 11.1. The predicted octanol–water partition coefficient (Wildman–Crippen LogP) is 2.49. The van der Waals surface area contributed by atoms with E-state index in [2.05, 4.69) is 0 Å². The van der Waals surface area contributed by atoms with Crippen molar-refractivity contribution in [3.63, 3.8) is 0 Å². The highest BCUT2D eigenvalue weighted by atomic mass is 35.5. The summed E-state index contributed by atoms with van der Waals surface area (Å²) in [4.78, 5) is 0. The Morgan fingerprint density at radius 1 is 1.33 bits per heavy atom. The van der Waals surface area contributed by atoms with Crippen LogP contribution in [0, 0.1) is 11.6 Å². The third-order valence-corrected chi connectivity index (χ3v) is 2.58. The van der Waals surface area contributed by atoms with Crippen molar-refractivity contribution in [3.05, 3.63) is 28.8 Å². The van der Waals surface area contributed by atoms with Crippen molar-refractivity contribution in [2.45, 2.75) is 18.4 Å². The fourth-order valence-electron chi connectivity index (χ4n) is 1.19. The van der Waals surface area contributed by atoms with E-state index in [1.54, 1.807) is 0 Å². The van der Waals surface area contributed by atoms with E-state index < -0.39 is 22.9 Å². The molecule has 1 aromatic rings. The molecule has 0 aromatic heterocycles. The Bertz CT molecular complexity index is 370.